The van der Waals surface area contributed by atoms with Crippen LogP contribution in [0, 0.1) is 5.92 Å². The van der Waals surface area contributed by atoms with Crippen LogP contribution in [0.4, 0.5) is 0 Å². The third-order valence-electron chi connectivity index (χ3n) is 3.60. The molecule has 2 amide bonds. The van der Waals surface area contributed by atoms with Crippen molar-refractivity contribution in [1.82, 2.24) is 10.6 Å². The van der Waals surface area contributed by atoms with Crippen LogP contribution in [0.5, 0.6) is 0 Å². The van der Waals surface area contributed by atoms with Crippen molar-refractivity contribution in [2.24, 2.45) is 5.92 Å². The van der Waals surface area contributed by atoms with Gasteiger partial charge in [-0.1, -0.05) is 44.2 Å². The fraction of sp³-hybridized carbons (Fsp3) is 0.550. The maximum atomic E-state index is 12.7. The van der Waals surface area contributed by atoms with Crippen LogP contribution in [-0.2, 0) is 25.5 Å². The number of benzene rings is 1. The van der Waals surface area contributed by atoms with Gasteiger partial charge in [-0.15, -0.1) is 0 Å². The summed E-state index contributed by atoms with van der Waals surface area (Å²) in [4.78, 5) is 36.6. The van der Waals surface area contributed by atoms with E-state index >= 15 is 0 Å². The van der Waals surface area contributed by atoms with E-state index in [9.17, 15) is 14.4 Å². The van der Waals surface area contributed by atoms with Gasteiger partial charge in [-0.05, 0) is 32.3 Å². The number of ether oxygens (including phenoxy) is 1. The molecule has 0 aromatic heterocycles. The van der Waals surface area contributed by atoms with Crippen molar-refractivity contribution in [3.05, 3.63) is 35.9 Å². The molecule has 0 aliphatic heterocycles. The maximum absolute atomic E-state index is 12.7. The van der Waals surface area contributed by atoms with Crippen molar-refractivity contribution in [3.63, 3.8) is 0 Å². The molecule has 0 bridgehead atoms. The topological polar surface area (TPSA) is 84.5 Å². The quantitative estimate of drug-likeness (QED) is 0.729. The fourth-order valence-electron chi connectivity index (χ4n) is 2.43. The summed E-state index contributed by atoms with van der Waals surface area (Å²) < 4.78 is 5.45. The number of esters is 1. The fourth-order valence-corrected chi connectivity index (χ4v) is 2.43. The molecule has 2 N–H and O–H groups in total. The van der Waals surface area contributed by atoms with Crippen LogP contribution in [0.25, 0.3) is 0 Å². The maximum Gasteiger partial charge on any atom is 0.329 e. The summed E-state index contributed by atoms with van der Waals surface area (Å²) in [5.41, 5.74) is 0.246. The molecule has 2 atom stereocenters. The van der Waals surface area contributed by atoms with Gasteiger partial charge in [0.1, 0.15) is 17.7 Å². The molecule has 144 valence electrons. The van der Waals surface area contributed by atoms with E-state index in [-0.39, 0.29) is 11.8 Å². The molecule has 26 heavy (non-hydrogen) atoms. The molecule has 0 saturated carbocycles. The standard InChI is InChI=1S/C20H30N2O4/c1-13(2)17(21-14(3)23)18(24)22-16(19(25)26-20(4,5)6)12-15-10-8-7-9-11-15/h7-11,13,16-17H,12H2,1-6H3,(H,21,23)(H,22,24)/t16-,17-/m0/s1. The summed E-state index contributed by atoms with van der Waals surface area (Å²) >= 11 is 0. The van der Waals surface area contributed by atoms with E-state index in [4.69, 9.17) is 4.74 Å². The second-order valence-corrected chi connectivity index (χ2v) is 7.71. The van der Waals surface area contributed by atoms with Gasteiger partial charge in [0, 0.05) is 13.3 Å². The number of hydrogen-bond donors (Lipinski definition) is 2. The first-order chi connectivity index (χ1) is 12.0. The van der Waals surface area contributed by atoms with Gasteiger partial charge in [0.25, 0.3) is 0 Å². The summed E-state index contributed by atoms with van der Waals surface area (Å²) in [7, 11) is 0. The first-order valence-corrected chi connectivity index (χ1v) is 8.84. The van der Waals surface area contributed by atoms with Crippen LogP contribution in [0.15, 0.2) is 30.3 Å². The molecular formula is C20H30N2O4. The second kappa shape index (κ2) is 9.36. The zero-order chi connectivity index (χ0) is 19.9. The lowest BCUT2D eigenvalue weighted by Gasteiger charge is -2.27. The molecule has 6 nitrogen and oxygen atoms in total. The van der Waals surface area contributed by atoms with Crippen LogP contribution in [0.2, 0.25) is 0 Å². The monoisotopic (exact) mass is 362 g/mol. The zero-order valence-electron chi connectivity index (χ0n) is 16.5. The lowest BCUT2D eigenvalue weighted by molar-refractivity contribution is -0.158. The Hall–Kier alpha value is -2.37. The normalized spacial score (nSPS) is 13.7. The Morgan fingerprint density at radius 2 is 1.62 bits per heavy atom. The molecule has 0 unspecified atom stereocenters. The van der Waals surface area contributed by atoms with Gasteiger partial charge in [0.05, 0.1) is 0 Å². The highest BCUT2D eigenvalue weighted by Crippen LogP contribution is 2.12. The van der Waals surface area contributed by atoms with E-state index in [0.29, 0.717) is 6.42 Å². The van der Waals surface area contributed by atoms with Gasteiger partial charge >= 0.3 is 5.97 Å². The van der Waals surface area contributed by atoms with Gasteiger partial charge in [-0.2, -0.15) is 0 Å². The molecule has 0 saturated heterocycles. The summed E-state index contributed by atoms with van der Waals surface area (Å²) in [6.07, 6.45) is 0.312. The predicted molar refractivity (Wildman–Crippen MR) is 100 cm³/mol. The Kier molecular flexibility index (Phi) is 7.80. The van der Waals surface area contributed by atoms with E-state index < -0.39 is 29.6 Å². The first kappa shape index (κ1) is 21.7. The predicted octanol–water partition coefficient (Wildman–Crippen LogP) is 2.22. The molecule has 1 aromatic rings. The molecular weight excluding hydrogens is 332 g/mol. The highest BCUT2D eigenvalue weighted by molar-refractivity contribution is 5.90. The average molecular weight is 362 g/mol. The first-order valence-electron chi connectivity index (χ1n) is 8.84. The number of carbonyl (C=O) groups excluding carboxylic acids is 3. The minimum absolute atomic E-state index is 0.116. The SMILES string of the molecule is CC(=O)N[C@H](C(=O)N[C@@H](Cc1ccccc1)C(=O)OC(C)(C)C)C(C)C. The van der Waals surface area contributed by atoms with Crippen molar-refractivity contribution in [3.8, 4) is 0 Å². The van der Waals surface area contributed by atoms with Gasteiger partial charge in [-0.25, -0.2) is 4.79 Å². The van der Waals surface area contributed by atoms with E-state index in [0.717, 1.165) is 5.56 Å². The van der Waals surface area contributed by atoms with Crippen LogP contribution >= 0.6 is 0 Å². The highest BCUT2D eigenvalue weighted by Gasteiger charge is 2.31. The van der Waals surface area contributed by atoms with Crippen molar-refractivity contribution >= 4 is 17.8 Å². The van der Waals surface area contributed by atoms with Crippen LogP contribution < -0.4 is 10.6 Å². The van der Waals surface area contributed by atoms with Crippen molar-refractivity contribution in [2.45, 2.75) is 65.6 Å². The van der Waals surface area contributed by atoms with Crippen LogP contribution in [0.1, 0.15) is 47.1 Å². The Labute approximate surface area is 155 Å². The molecule has 0 aliphatic rings. The third kappa shape index (κ3) is 7.68. The number of nitrogens with one attached hydrogen (secondary N) is 2. The minimum Gasteiger partial charge on any atom is -0.458 e. The van der Waals surface area contributed by atoms with Gasteiger partial charge in [0.15, 0.2) is 0 Å². The minimum atomic E-state index is -0.834. The van der Waals surface area contributed by atoms with E-state index in [1.54, 1.807) is 20.8 Å². The molecule has 6 heteroatoms. The van der Waals surface area contributed by atoms with Crippen molar-refractivity contribution < 1.29 is 19.1 Å². The summed E-state index contributed by atoms with van der Waals surface area (Å²) in [5.74, 6) is -1.31. The lowest BCUT2D eigenvalue weighted by Crippen LogP contribution is -2.54. The number of hydrogen-bond acceptors (Lipinski definition) is 4. The molecule has 1 aromatic carbocycles. The van der Waals surface area contributed by atoms with E-state index in [1.165, 1.54) is 6.92 Å². The Morgan fingerprint density at radius 3 is 2.08 bits per heavy atom. The van der Waals surface area contributed by atoms with E-state index in [1.807, 2.05) is 44.2 Å². The molecule has 0 heterocycles. The van der Waals surface area contributed by atoms with Crippen LogP contribution in [-0.4, -0.2) is 35.5 Å². The summed E-state index contributed by atoms with van der Waals surface area (Å²) in [6.45, 7) is 10.4. The Balaban J connectivity index is 2.97. The van der Waals surface area contributed by atoms with Gasteiger partial charge in [-0.3, -0.25) is 9.59 Å². The number of amides is 2. The van der Waals surface area contributed by atoms with Crippen molar-refractivity contribution in [1.29, 1.82) is 0 Å². The largest absolute Gasteiger partial charge is 0.458 e. The smallest absolute Gasteiger partial charge is 0.329 e. The molecule has 1 rings (SSSR count). The Bertz CT molecular complexity index is 620. The molecule has 0 radical (unpaired) electrons. The highest BCUT2D eigenvalue weighted by atomic mass is 16.6. The van der Waals surface area contributed by atoms with E-state index in [2.05, 4.69) is 10.6 Å². The zero-order valence-corrected chi connectivity index (χ0v) is 16.5. The lowest BCUT2D eigenvalue weighted by atomic mass is 10.0. The second-order valence-electron chi connectivity index (χ2n) is 7.71. The summed E-state index contributed by atoms with van der Waals surface area (Å²) in [6, 6.07) is 7.85. The Morgan fingerprint density at radius 1 is 1.04 bits per heavy atom. The molecule has 0 spiro atoms. The summed E-state index contributed by atoms with van der Waals surface area (Å²) in [5, 5.41) is 5.38. The van der Waals surface area contributed by atoms with Crippen LogP contribution in [0.3, 0.4) is 0 Å². The van der Waals surface area contributed by atoms with Crippen molar-refractivity contribution in [2.75, 3.05) is 0 Å². The number of carbonyl (C=O) groups is 3. The molecule has 0 fully saturated rings. The molecule has 0 aliphatic carbocycles. The van der Waals surface area contributed by atoms with Gasteiger partial charge < -0.3 is 15.4 Å². The van der Waals surface area contributed by atoms with Gasteiger partial charge in [0.2, 0.25) is 11.8 Å². The number of rotatable bonds is 7. The average Bonchev–Trinajstić information content (AvgIpc) is 2.50. The third-order valence-corrected chi connectivity index (χ3v) is 3.60.